The summed E-state index contributed by atoms with van der Waals surface area (Å²) in [5.41, 5.74) is 4.57. The van der Waals surface area contributed by atoms with E-state index in [2.05, 4.69) is 22.3 Å². The molecule has 35 heavy (non-hydrogen) atoms. The fourth-order valence-electron chi connectivity index (χ4n) is 3.66. The van der Waals surface area contributed by atoms with E-state index in [1.54, 1.807) is 0 Å². The third-order valence-electron chi connectivity index (χ3n) is 5.47. The molecule has 0 bridgehead atoms. The van der Waals surface area contributed by atoms with Crippen molar-refractivity contribution in [1.29, 1.82) is 0 Å². The minimum atomic E-state index is 0.0216. The van der Waals surface area contributed by atoms with Gasteiger partial charge >= 0.3 is 0 Å². The molecule has 0 unspecified atom stereocenters. The van der Waals surface area contributed by atoms with Crippen LogP contribution in [-0.2, 0) is 0 Å². The number of Topliss-reactive ketones (excluding diaryl/α,β-unsaturated/α-hetero) is 1. The van der Waals surface area contributed by atoms with E-state index in [1.807, 2.05) is 95.6 Å². The van der Waals surface area contributed by atoms with Crippen LogP contribution in [-0.4, -0.2) is 26.3 Å². The van der Waals surface area contributed by atoms with E-state index in [1.165, 1.54) is 11.8 Å². The molecule has 0 fully saturated rings. The fraction of sp³-hybridized carbons (Fsp3) is 0.0357. The summed E-state index contributed by atoms with van der Waals surface area (Å²) in [6, 6.07) is 32.6. The van der Waals surface area contributed by atoms with Crippen molar-refractivity contribution in [3.63, 3.8) is 0 Å². The highest BCUT2D eigenvalue weighted by atomic mass is 35.5. The van der Waals surface area contributed by atoms with Gasteiger partial charge in [0.25, 0.3) is 0 Å². The average Bonchev–Trinajstić information content (AvgIpc) is 3.32. The predicted octanol–water partition coefficient (Wildman–Crippen LogP) is 7.88. The standard InChI is InChI=1S/C28H19Cl2N3OS/c29-23-12-10-22(11-13-23)27-31-32-28(33(27)25-16-14-24(30)15-17-25)35-18-26(34)21-8-6-20(7-9-21)19-4-2-1-3-5-19/h1-17H,18H2. The normalized spacial score (nSPS) is 10.9. The highest BCUT2D eigenvalue weighted by Crippen LogP contribution is 2.30. The number of carbonyl (C=O) groups excluding carboxylic acids is 1. The van der Waals surface area contributed by atoms with Gasteiger partial charge in [-0.05, 0) is 59.7 Å². The summed E-state index contributed by atoms with van der Waals surface area (Å²) in [5, 5.41) is 10.7. The molecular formula is C28H19Cl2N3OS. The Hall–Kier alpha value is -3.38. The van der Waals surface area contributed by atoms with Crippen LogP contribution in [0.15, 0.2) is 108 Å². The van der Waals surface area contributed by atoms with Crippen LogP contribution in [0.25, 0.3) is 28.2 Å². The number of halogens is 2. The number of thioether (sulfide) groups is 1. The smallest absolute Gasteiger partial charge is 0.196 e. The first-order valence-electron chi connectivity index (χ1n) is 10.9. The van der Waals surface area contributed by atoms with Gasteiger partial charge in [-0.15, -0.1) is 10.2 Å². The number of rotatable bonds is 7. The van der Waals surface area contributed by atoms with Gasteiger partial charge in [0.15, 0.2) is 16.8 Å². The maximum absolute atomic E-state index is 13.0. The molecule has 0 aliphatic carbocycles. The van der Waals surface area contributed by atoms with E-state index in [0.717, 1.165) is 22.4 Å². The van der Waals surface area contributed by atoms with Crippen molar-refractivity contribution >= 4 is 40.7 Å². The third kappa shape index (κ3) is 5.33. The highest BCUT2D eigenvalue weighted by Gasteiger charge is 2.18. The molecule has 0 amide bonds. The molecule has 5 aromatic rings. The summed E-state index contributed by atoms with van der Waals surface area (Å²) in [5.74, 6) is 0.913. The lowest BCUT2D eigenvalue weighted by molar-refractivity contribution is 0.102. The van der Waals surface area contributed by atoms with Gasteiger partial charge in [0.05, 0.1) is 5.75 Å². The number of aromatic nitrogens is 3. The second-order valence-corrected chi connectivity index (χ2v) is 9.60. The van der Waals surface area contributed by atoms with Crippen LogP contribution < -0.4 is 0 Å². The molecule has 4 aromatic carbocycles. The van der Waals surface area contributed by atoms with Crippen molar-refractivity contribution in [2.24, 2.45) is 0 Å². The summed E-state index contributed by atoms with van der Waals surface area (Å²) in [4.78, 5) is 13.0. The molecule has 1 heterocycles. The van der Waals surface area contributed by atoms with Crippen LogP contribution in [0.5, 0.6) is 0 Å². The monoisotopic (exact) mass is 515 g/mol. The molecule has 0 aliphatic rings. The minimum Gasteiger partial charge on any atom is -0.293 e. The molecule has 0 aliphatic heterocycles. The molecule has 172 valence electrons. The van der Waals surface area contributed by atoms with E-state index >= 15 is 0 Å². The van der Waals surface area contributed by atoms with Gasteiger partial charge in [-0.25, -0.2) is 0 Å². The van der Waals surface area contributed by atoms with Crippen LogP contribution in [0.1, 0.15) is 10.4 Å². The second-order valence-electron chi connectivity index (χ2n) is 7.78. The third-order valence-corrected chi connectivity index (χ3v) is 6.90. The summed E-state index contributed by atoms with van der Waals surface area (Å²) in [6.07, 6.45) is 0. The Morgan fingerprint density at radius 1 is 0.686 bits per heavy atom. The predicted molar refractivity (Wildman–Crippen MR) is 144 cm³/mol. The maximum Gasteiger partial charge on any atom is 0.196 e. The number of nitrogens with zero attached hydrogens (tertiary/aromatic N) is 3. The van der Waals surface area contributed by atoms with Crippen molar-refractivity contribution < 1.29 is 4.79 Å². The Bertz CT molecular complexity index is 1450. The first-order valence-corrected chi connectivity index (χ1v) is 12.6. The van der Waals surface area contributed by atoms with Gasteiger partial charge in [0.2, 0.25) is 0 Å². The lowest BCUT2D eigenvalue weighted by Gasteiger charge is -2.11. The average molecular weight is 516 g/mol. The van der Waals surface area contributed by atoms with Crippen LogP contribution in [0.4, 0.5) is 0 Å². The van der Waals surface area contributed by atoms with Crippen molar-refractivity contribution in [3.8, 4) is 28.2 Å². The summed E-state index contributed by atoms with van der Waals surface area (Å²) >= 11 is 13.5. The Morgan fingerprint density at radius 2 is 1.26 bits per heavy atom. The maximum atomic E-state index is 13.0. The zero-order valence-corrected chi connectivity index (χ0v) is 20.8. The number of ketones is 1. The largest absolute Gasteiger partial charge is 0.293 e. The number of hydrogen-bond donors (Lipinski definition) is 0. The summed E-state index contributed by atoms with van der Waals surface area (Å²) in [7, 11) is 0. The topological polar surface area (TPSA) is 47.8 Å². The van der Waals surface area contributed by atoms with E-state index in [0.29, 0.717) is 26.6 Å². The Balaban J connectivity index is 1.39. The molecule has 0 atom stereocenters. The van der Waals surface area contributed by atoms with Crippen LogP contribution in [0, 0.1) is 0 Å². The van der Waals surface area contributed by atoms with E-state index in [4.69, 9.17) is 23.2 Å². The van der Waals surface area contributed by atoms with Gasteiger partial charge in [-0.3, -0.25) is 9.36 Å². The van der Waals surface area contributed by atoms with Gasteiger partial charge < -0.3 is 0 Å². The first-order chi connectivity index (χ1) is 17.1. The Kier molecular flexibility index (Phi) is 7.00. The number of carbonyl (C=O) groups is 1. The van der Waals surface area contributed by atoms with Crippen LogP contribution >= 0.6 is 35.0 Å². The molecule has 4 nitrogen and oxygen atoms in total. The molecule has 0 spiro atoms. The number of benzene rings is 4. The van der Waals surface area contributed by atoms with Crippen LogP contribution in [0.3, 0.4) is 0 Å². The molecule has 0 N–H and O–H groups in total. The molecule has 0 saturated heterocycles. The SMILES string of the molecule is O=C(CSc1nnc(-c2ccc(Cl)cc2)n1-c1ccc(Cl)cc1)c1ccc(-c2ccccc2)cc1. The number of hydrogen-bond acceptors (Lipinski definition) is 4. The van der Waals surface area contributed by atoms with Crippen molar-refractivity contribution in [1.82, 2.24) is 14.8 Å². The lowest BCUT2D eigenvalue weighted by Crippen LogP contribution is -2.05. The Morgan fingerprint density at radius 3 is 1.91 bits per heavy atom. The second kappa shape index (κ2) is 10.5. The van der Waals surface area contributed by atoms with Crippen molar-refractivity contribution in [3.05, 3.63) is 119 Å². The zero-order chi connectivity index (χ0) is 24.2. The molecule has 0 saturated carbocycles. The first kappa shape index (κ1) is 23.4. The molecular weight excluding hydrogens is 497 g/mol. The fourth-order valence-corrected chi connectivity index (χ4v) is 4.76. The highest BCUT2D eigenvalue weighted by molar-refractivity contribution is 7.99. The van der Waals surface area contributed by atoms with Crippen LogP contribution in [0.2, 0.25) is 10.0 Å². The lowest BCUT2D eigenvalue weighted by atomic mass is 10.0. The van der Waals surface area contributed by atoms with Gasteiger partial charge in [0, 0.05) is 26.9 Å². The van der Waals surface area contributed by atoms with Crippen molar-refractivity contribution in [2.45, 2.75) is 5.16 Å². The molecule has 1 aromatic heterocycles. The summed E-state index contributed by atoms with van der Waals surface area (Å²) in [6.45, 7) is 0. The van der Waals surface area contributed by atoms with Gasteiger partial charge in [-0.2, -0.15) is 0 Å². The quantitative estimate of drug-likeness (QED) is 0.163. The molecule has 5 rings (SSSR count). The van der Waals surface area contributed by atoms with Gasteiger partial charge in [-0.1, -0.05) is 89.6 Å². The zero-order valence-electron chi connectivity index (χ0n) is 18.4. The van der Waals surface area contributed by atoms with E-state index < -0.39 is 0 Å². The van der Waals surface area contributed by atoms with E-state index in [-0.39, 0.29) is 11.5 Å². The Labute approximate surface area is 217 Å². The molecule has 0 radical (unpaired) electrons. The minimum absolute atomic E-state index is 0.0216. The van der Waals surface area contributed by atoms with E-state index in [9.17, 15) is 4.79 Å². The summed E-state index contributed by atoms with van der Waals surface area (Å²) < 4.78 is 1.93. The van der Waals surface area contributed by atoms with Crippen molar-refractivity contribution in [2.75, 3.05) is 5.75 Å². The van der Waals surface area contributed by atoms with Gasteiger partial charge in [0.1, 0.15) is 0 Å². The molecule has 7 heteroatoms.